The summed E-state index contributed by atoms with van der Waals surface area (Å²) >= 11 is 0. The van der Waals surface area contributed by atoms with E-state index in [-0.39, 0.29) is 16.4 Å². The molecule has 0 radical (unpaired) electrons. The first-order chi connectivity index (χ1) is 10.8. The van der Waals surface area contributed by atoms with Crippen LogP contribution in [-0.2, 0) is 10.0 Å². The van der Waals surface area contributed by atoms with Crippen LogP contribution >= 0.6 is 0 Å². The Labute approximate surface area is 130 Å². The van der Waals surface area contributed by atoms with E-state index in [1.165, 1.54) is 32.4 Å². The third-order valence-electron chi connectivity index (χ3n) is 2.90. The van der Waals surface area contributed by atoms with Crippen LogP contribution in [0.25, 0.3) is 0 Å². The molecule has 0 heterocycles. The second-order valence-corrected chi connectivity index (χ2v) is 6.03. The van der Waals surface area contributed by atoms with Crippen LogP contribution in [0.15, 0.2) is 35.2 Å². The number of ether oxygens (including phenoxy) is 2. The summed E-state index contributed by atoms with van der Waals surface area (Å²) in [4.78, 5) is -0.301. The van der Waals surface area contributed by atoms with E-state index in [0.717, 1.165) is 0 Å². The highest BCUT2D eigenvalue weighted by molar-refractivity contribution is 7.92. The normalized spacial score (nSPS) is 11.2. The fourth-order valence-electron chi connectivity index (χ4n) is 1.82. The predicted molar refractivity (Wildman–Crippen MR) is 76.7 cm³/mol. The Kier molecular flexibility index (Phi) is 4.69. The van der Waals surface area contributed by atoms with Crippen LogP contribution in [0.4, 0.5) is 18.9 Å². The van der Waals surface area contributed by atoms with Gasteiger partial charge in [0.1, 0.15) is 16.4 Å². The number of hydrogen-bond donors (Lipinski definition) is 1. The summed E-state index contributed by atoms with van der Waals surface area (Å²) in [5.74, 6) is -4.48. The SMILES string of the molecule is COc1ccc(OC)c(S(=O)(=O)Nc2cc(F)c(F)c(F)c2)c1. The van der Waals surface area contributed by atoms with Gasteiger partial charge in [-0.25, -0.2) is 21.6 Å². The van der Waals surface area contributed by atoms with Gasteiger partial charge in [0, 0.05) is 18.2 Å². The standard InChI is InChI=1S/C14H12F3NO4S/c1-21-9-3-4-12(22-2)13(7-9)23(19,20)18-8-5-10(15)14(17)11(16)6-8/h3-7,18H,1-2H3. The molecule has 9 heteroatoms. The van der Waals surface area contributed by atoms with Crippen LogP contribution in [0.5, 0.6) is 11.5 Å². The van der Waals surface area contributed by atoms with Crippen LogP contribution < -0.4 is 14.2 Å². The number of halogens is 3. The monoisotopic (exact) mass is 347 g/mol. The number of sulfonamides is 1. The molecule has 2 rings (SSSR count). The Bertz CT molecular complexity index is 817. The summed E-state index contributed by atoms with van der Waals surface area (Å²) in [6.45, 7) is 0. The lowest BCUT2D eigenvalue weighted by Gasteiger charge is -2.13. The summed E-state index contributed by atoms with van der Waals surface area (Å²) < 4.78 is 75.9. The molecule has 0 unspecified atom stereocenters. The van der Waals surface area contributed by atoms with E-state index < -0.39 is 33.2 Å². The minimum Gasteiger partial charge on any atom is -0.497 e. The maximum absolute atomic E-state index is 13.2. The van der Waals surface area contributed by atoms with Crippen molar-refractivity contribution in [2.75, 3.05) is 18.9 Å². The first-order valence-electron chi connectivity index (χ1n) is 6.18. The zero-order chi connectivity index (χ0) is 17.2. The van der Waals surface area contributed by atoms with Gasteiger partial charge < -0.3 is 9.47 Å². The molecule has 0 bridgehead atoms. The highest BCUT2D eigenvalue weighted by Crippen LogP contribution is 2.30. The minimum atomic E-state index is -4.25. The van der Waals surface area contributed by atoms with E-state index in [9.17, 15) is 21.6 Å². The molecule has 0 saturated carbocycles. The van der Waals surface area contributed by atoms with E-state index in [4.69, 9.17) is 9.47 Å². The minimum absolute atomic E-state index is 0.00126. The smallest absolute Gasteiger partial charge is 0.265 e. The molecule has 1 N–H and O–H groups in total. The summed E-state index contributed by atoms with van der Waals surface area (Å²) in [6.07, 6.45) is 0. The number of rotatable bonds is 5. The van der Waals surface area contributed by atoms with Crippen molar-refractivity contribution >= 4 is 15.7 Å². The van der Waals surface area contributed by atoms with Crippen LogP contribution in [0.3, 0.4) is 0 Å². The Hall–Kier alpha value is -2.42. The summed E-state index contributed by atoms with van der Waals surface area (Å²) in [5, 5.41) is 0. The van der Waals surface area contributed by atoms with Crippen molar-refractivity contribution in [3.8, 4) is 11.5 Å². The Morgan fingerprint density at radius 1 is 0.957 bits per heavy atom. The number of hydrogen-bond acceptors (Lipinski definition) is 4. The fraction of sp³-hybridized carbons (Fsp3) is 0.143. The molecule has 0 aliphatic rings. The average molecular weight is 347 g/mol. The first kappa shape index (κ1) is 16.9. The molecule has 0 saturated heterocycles. The molecule has 2 aromatic carbocycles. The quantitative estimate of drug-likeness (QED) is 0.845. The summed E-state index contributed by atoms with van der Waals surface area (Å²) in [5.41, 5.74) is -0.466. The van der Waals surface area contributed by atoms with Gasteiger partial charge in [-0.3, -0.25) is 4.72 Å². The lowest BCUT2D eigenvalue weighted by molar-refractivity contribution is 0.392. The van der Waals surface area contributed by atoms with E-state index >= 15 is 0 Å². The molecule has 2 aromatic rings. The molecule has 0 atom stereocenters. The average Bonchev–Trinajstić information content (AvgIpc) is 2.51. The molecule has 0 aliphatic heterocycles. The Balaban J connectivity index is 2.47. The van der Waals surface area contributed by atoms with E-state index in [1.54, 1.807) is 0 Å². The van der Waals surface area contributed by atoms with E-state index in [0.29, 0.717) is 12.1 Å². The molecule has 23 heavy (non-hydrogen) atoms. The molecular formula is C14H12F3NO4S. The third-order valence-corrected chi connectivity index (χ3v) is 4.30. The van der Waals surface area contributed by atoms with E-state index in [1.807, 2.05) is 4.72 Å². The van der Waals surface area contributed by atoms with Gasteiger partial charge >= 0.3 is 0 Å². The van der Waals surface area contributed by atoms with Gasteiger partial charge in [0.05, 0.1) is 19.9 Å². The van der Waals surface area contributed by atoms with Crippen molar-refractivity contribution < 1.29 is 31.1 Å². The van der Waals surface area contributed by atoms with Crippen molar-refractivity contribution in [2.45, 2.75) is 4.90 Å². The lowest BCUT2D eigenvalue weighted by Crippen LogP contribution is -2.15. The van der Waals surface area contributed by atoms with Gasteiger partial charge in [0.15, 0.2) is 17.5 Å². The number of methoxy groups -OCH3 is 2. The Morgan fingerprint density at radius 3 is 2.09 bits per heavy atom. The zero-order valence-corrected chi connectivity index (χ0v) is 12.9. The molecule has 0 aliphatic carbocycles. The summed E-state index contributed by atoms with van der Waals surface area (Å²) in [7, 11) is -1.64. The number of anilines is 1. The van der Waals surface area contributed by atoms with Crippen LogP contribution in [0, 0.1) is 17.5 Å². The Morgan fingerprint density at radius 2 is 1.57 bits per heavy atom. The van der Waals surface area contributed by atoms with Crippen LogP contribution in [0.1, 0.15) is 0 Å². The van der Waals surface area contributed by atoms with Crippen molar-refractivity contribution in [1.82, 2.24) is 0 Å². The highest BCUT2D eigenvalue weighted by Gasteiger charge is 2.22. The van der Waals surface area contributed by atoms with Gasteiger partial charge in [-0.2, -0.15) is 0 Å². The topological polar surface area (TPSA) is 64.6 Å². The predicted octanol–water partition coefficient (Wildman–Crippen LogP) is 2.92. The fourth-order valence-corrected chi connectivity index (χ4v) is 3.04. The van der Waals surface area contributed by atoms with Gasteiger partial charge in [-0.1, -0.05) is 0 Å². The lowest BCUT2D eigenvalue weighted by atomic mass is 10.3. The number of benzene rings is 2. The van der Waals surface area contributed by atoms with E-state index in [2.05, 4.69) is 0 Å². The van der Waals surface area contributed by atoms with Gasteiger partial charge in [-0.05, 0) is 12.1 Å². The third kappa shape index (κ3) is 3.50. The largest absolute Gasteiger partial charge is 0.497 e. The molecular weight excluding hydrogens is 335 g/mol. The van der Waals surface area contributed by atoms with Crippen molar-refractivity contribution in [2.24, 2.45) is 0 Å². The number of nitrogens with one attached hydrogen (secondary N) is 1. The van der Waals surface area contributed by atoms with Crippen molar-refractivity contribution in [1.29, 1.82) is 0 Å². The highest BCUT2D eigenvalue weighted by atomic mass is 32.2. The van der Waals surface area contributed by atoms with Gasteiger partial charge in [0.25, 0.3) is 10.0 Å². The molecule has 0 spiro atoms. The molecule has 0 amide bonds. The second-order valence-electron chi connectivity index (χ2n) is 4.38. The maximum Gasteiger partial charge on any atom is 0.265 e. The van der Waals surface area contributed by atoms with Crippen LogP contribution in [-0.4, -0.2) is 22.6 Å². The van der Waals surface area contributed by atoms with Crippen molar-refractivity contribution in [3.63, 3.8) is 0 Å². The molecule has 0 fully saturated rings. The van der Waals surface area contributed by atoms with Gasteiger partial charge in [0.2, 0.25) is 0 Å². The van der Waals surface area contributed by atoms with Crippen molar-refractivity contribution in [3.05, 3.63) is 47.8 Å². The van der Waals surface area contributed by atoms with Crippen LogP contribution in [0.2, 0.25) is 0 Å². The zero-order valence-electron chi connectivity index (χ0n) is 12.1. The molecule has 0 aromatic heterocycles. The second kappa shape index (κ2) is 6.37. The molecule has 5 nitrogen and oxygen atoms in total. The maximum atomic E-state index is 13.2. The van der Waals surface area contributed by atoms with Gasteiger partial charge in [-0.15, -0.1) is 0 Å². The summed E-state index contributed by atoms with van der Waals surface area (Å²) in [6, 6.07) is 5.08. The first-order valence-corrected chi connectivity index (χ1v) is 7.66. The molecule has 124 valence electrons.